The maximum Gasteiger partial charge on any atom is 0.347 e. The molecular weight excluding hydrogens is 316 g/mol. The first-order chi connectivity index (χ1) is 11.5. The molecule has 0 saturated heterocycles. The van der Waals surface area contributed by atoms with Crippen molar-refractivity contribution in [3.8, 4) is 11.5 Å². The summed E-state index contributed by atoms with van der Waals surface area (Å²) in [5.41, 5.74) is 0.372. The second-order valence-corrected chi connectivity index (χ2v) is 4.89. The second-order valence-electron chi connectivity index (χ2n) is 4.89. The number of aliphatic carboxylic acids is 1. The molecule has 24 heavy (non-hydrogen) atoms. The van der Waals surface area contributed by atoms with Gasteiger partial charge in [-0.25, -0.2) is 9.59 Å². The molecule has 1 atom stereocenters. The van der Waals surface area contributed by atoms with Gasteiger partial charge in [-0.2, -0.15) is 0 Å². The molecule has 0 aliphatic carbocycles. The van der Waals surface area contributed by atoms with Crippen LogP contribution in [0.5, 0.6) is 11.5 Å². The van der Waals surface area contributed by atoms with Gasteiger partial charge in [-0.3, -0.25) is 0 Å². The Morgan fingerprint density at radius 2 is 1.67 bits per heavy atom. The first kappa shape index (κ1) is 17.3. The lowest BCUT2D eigenvalue weighted by molar-refractivity contribution is -0.148. The van der Waals surface area contributed by atoms with Crippen LogP contribution in [0.2, 0.25) is 0 Å². The van der Waals surface area contributed by atoms with Crippen LogP contribution >= 0.6 is 0 Å². The summed E-state index contributed by atoms with van der Waals surface area (Å²) in [5.74, 6) is -2.51. The summed E-state index contributed by atoms with van der Waals surface area (Å²) in [6.07, 6.45) is -1.38. The highest BCUT2D eigenvalue weighted by Gasteiger charge is 2.22. The van der Waals surface area contributed by atoms with Crippen LogP contribution < -0.4 is 4.74 Å². The molecule has 0 bridgehead atoms. The molecule has 0 saturated carbocycles. The summed E-state index contributed by atoms with van der Waals surface area (Å²) in [5, 5.41) is 27.9. The van der Waals surface area contributed by atoms with Gasteiger partial charge in [0.2, 0.25) is 6.10 Å². The van der Waals surface area contributed by atoms with Gasteiger partial charge >= 0.3 is 11.9 Å². The van der Waals surface area contributed by atoms with Crippen molar-refractivity contribution in [3.05, 3.63) is 59.7 Å². The van der Waals surface area contributed by atoms with E-state index in [1.165, 1.54) is 24.3 Å². The molecule has 2 rings (SSSR count). The van der Waals surface area contributed by atoms with E-state index in [1.807, 2.05) is 0 Å². The van der Waals surface area contributed by atoms with Crippen molar-refractivity contribution in [1.82, 2.24) is 0 Å². The van der Waals surface area contributed by atoms with Gasteiger partial charge in [-0.1, -0.05) is 30.3 Å². The van der Waals surface area contributed by atoms with Crippen molar-refractivity contribution in [2.24, 2.45) is 0 Å². The Labute approximate surface area is 137 Å². The molecule has 0 fully saturated rings. The van der Waals surface area contributed by atoms with Crippen LogP contribution in [0, 0.1) is 0 Å². The number of para-hydroxylation sites is 2. The third-order valence-corrected chi connectivity index (χ3v) is 3.18. The fraction of sp³-hybridized carbons (Fsp3) is 0.176. The lowest BCUT2D eigenvalue weighted by atomic mass is 10.2. The maximum atomic E-state index is 11.3. The number of phenols is 1. The largest absolute Gasteiger partial charge is 0.508 e. The third kappa shape index (κ3) is 4.47. The molecule has 126 valence electrons. The summed E-state index contributed by atoms with van der Waals surface area (Å²) in [7, 11) is 0. The van der Waals surface area contributed by atoms with E-state index in [4.69, 9.17) is 14.6 Å². The number of rotatable bonds is 8. The Morgan fingerprint density at radius 1 is 1.00 bits per heavy atom. The summed E-state index contributed by atoms with van der Waals surface area (Å²) in [4.78, 5) is 22.4. The number of ether oxygens (including phenoxy) is 2. The summed E-state index contributed by atoms with van der Waals surface area (Å²) in [6.45, 7) is -0.308. The van der Waals surface area contributed by atoms with Crippen LogP contribution in [0.15, 0.2) is 48.5 Å². The monoisotopic (exact) mass is 332 g/mol. The molecular formula is C17H16O7. The zero-order valence-corrected chi connectivity index (χ0v) is 12.6. The molecule has 3 N–H and O–H groups in total. The van der Waals surface area contributed by atoms with Gasteiger partial charge < -0.3 is 24.8 Å². The zero-order chi connectivity index (χ0) is 17.5. The van der Waals surface area contributed by atoms with Crippen molar-refractivity contribution in [1.29, 1.82) is 0 Å². The maximum absolute atomic E-state index is 11.3. The molecule has 0 aliphatic heterocycles. The van der Waals surface area contributed by atoms with Gasteiger partial charge in [-0.05, 0) is 18.2 Å². The number of carbonyl (C=O) groups is 2. The first-order valence-electron chi connectivity index (χ1n) is 7.05. The minimum atomic E-state index is -1.38. The lowest BCUT2D eigenvalue weighted by Gasteiger charge is -2.17. The minimum absolute atomic E-state index is 0.000388. The normalized spacial score (nSPS) is 11.7. The van der Waals surface area contributed by atoms with Gasteiger partial charge in [0.1, 0.15) is 17.1 Å². The van der Waals surface area contributed by atoms with E-state index < -0.39 is 18.0 Å². The SMILES string of the molecule is O=C(O)c1ccccc1OC(COCc1ccccc1O)C(=O)O. The fourth-order valence-corrected chi connectivity index (χ4v) is 1.96. The van der Waals surface area contributed by atoms with Crippen LogP contribution in [0.1, 0.15) is 15.9 Å². The van der Waals surface area contributed by atoms with Gasteiger partial charge in [0.05, 0.1) is 13.2 Å². The second kappa shape index (κ2) is 7.98. The third-order valence-electron chi connectivity index (χ3n) is 3.18. The van der Waals surface area contributed by atoms with Gasteiger partial charge in [0.25, 0.3) is 0 Å². The minimum Gasteiger partial charge on any atom is -0.508 e. The molecule has 0 aromatic heterocycles. The fourth-order valence-electron chi connectivity index (χ4n) is 1.96. The van der Waals surface area contributed by atoms with Crippen molar-refractivity contribution in [2.45, 2.75) is 12.7 Å². The van der Waals surface area contributed by atoms with E-state index >= 15 is 0 Å². The number of carboxylic acids is 2. The number of hydrogen-bond donors (Lipinski definition) is 3. The number of aromatic hydroxyl groups is 1. The number of aromatic carboxylic acids is 1. The molecule has 0 heterocycles. The predicted molar refractivity (Wildman–Crippen MR) is 83.2 cm³/mol. The Morgan fingerprint density at radius 3 is 2.33 bits per heavy atom. The first-order valence-corrected chi connectivity index (χ1v) is 7.05. The summed E-state index contributed by atoms with van der Waals surface area (Å²) >= 11 is 0. The lowest BCUT2D eigenvalue weighted by Crippen LogP contribution is -2.32. The predicted octanol–water partition coefficient (Wildman–Crippen LogP) is 2.14. The molecule has 0 spiro atoms. The van der Waals surface area contributed by atoms with E-state index in [1.54, 1.807) is 24.3 Å². The van der Waals surface area contributed by atoms with Crippen LogP contribution in [0.3, 0.4) is 0 Å². The molecule has 0 radical (unpaired) electrons. The van der Waals surface area contributed by atoms with E-state index in [0.717, 1.165) is 0 Å². The van der Waals surface area contributed by atoms with Crippen molar-refractivity contribution in [3.63, 3.8) is 0 Å². The van der Waals surface area contributed by atoms with Crippen LogP contribution in [-0.4, -0.2) is 40.0 Å². The number of hydrogen-bond acceptors (Lipinski definition) is 5. The average molecular weight is 332 g/mol. The molecule has 2 aromatic rings. The standard InChI is InChI=1S/C17H16O7/c18-13-7-3-1-5-11(13)9-23-10-15(17(21)22)24-14-8-4-2-6-12(14)16(19)20/h1-8,15,18H,9-10H2,(H,19,20)(H,21,22). The van der Waals surface area contributed by atoms with Crippen LogP contribution in [-0.2, 0) is 16.1 Å². The Hall–Kier alpha value is -3.06. The highest BCUT2D eigenvalue weighted by molar-refractivity contribution is 5.91. The topological polar surface area (TPSA) is 113 Å². The van der Waals surface area contributed by atoms with E-state index in [0.29, 0.717) is 5.56 Å². The molecule has 0 amide bonds. The van der Waals surface area contributed by atoms with Gasteiger partial charge in [0, 0.05) is 5.56 Å². The van der Waals surface area contributed by atoms with Crippen molar-refractivity contribution in [2.75, 3.05) is 6.61 Å². The Kier molecular flexibility index (Phi) is 5.75. The summed E-state index contributed by atoms with van der Waals surface area (Å²) in [6, 6.07) is 12.3. The smallest absolute Gasteiger partial charge is 0.347 e. The van der Waals surface area contributed by atoms with E-state index in [-0.39, 0.29) is 30.3 Å². The quantitative estimate of drug-likeness (QED) is 0.678. The van der Waals surface area contributed by atoms with Crippen LogP contribution in [0.25, 0.3) is 0 Å². The van der Waals surface area contributed by atoms with E-state index in [2.05, 4.69) is 0 Å². The molecule has 7 nitrogen and oxygen atoms in total. The number of benzene rings is 2. The number of phenolic OH excluding ortho intramolecular Hbond substituents is 1. The Bertz CT molecular complexity index is 726. The Balaban J connectivity index is 2.02. The highest BCUT2D eigenvalue weighted by Crippen LogP contribution is 2.20. The summed E-state index contributed by atoms with van der Waals surface area (Å²) < 4.78 is 10.6. The van der Waals surface area contributed by atoms with Crippen molar-refractivity contribution < 1.29 is 34.4 Å². The number of carboxylic acid groups (broad SMARTS) is 2. The molecule has 2 aromatic carbocycles. The van der Waals surface area contributed by atoms with Gasteiger partial charge in [-0.15, -0.1) is 0 Å². The molecule has 1 unspecified atom stereocenters. The average Bonchev–Trinajstić information content (AvgIpc) is 2.55. The zero-order valence-electron chi connectivity index (χ0n) is 12.6. The molecule has 7 heteroatoms. The van der Waals surface area contributed by atoms with Crippen molar-refractivity contribution >= 4 is 11.9 Å². The molecule has 0 aliphatic rings. The van der Waals surface area contributed by atoms with Gasteiger partial charge in [0.15, 0.2) is 0 Å². The van der Waals surface area contributed by atoms with Crippen LogP contribution in [0.4, 0.5) is 0 Å². The van der Waals surface area contributed by atoms with E-state index in [9.17, 15) is 19.8 Å². The highest BCUT2D eigenvalue weighted by atomic mass is 16.6.